The van der Waals surface area contributed by atoms with E-state index in [1.54, 1.807) is 14.2 Å². The van der Waals surface area contributed by atoms with E-state index in [2.05, 4.69) is 36.4 Å². The summed E-state index contributed by atoms with van der Waals surface area (Å²) in [4.78, 5) is 118. The third kappa shape index (κ3) is 22.5. The number of ketones is 1. The SMILES string of the molecule is CC.CC(=O)[C@@H](NC(=O)C(C(C)C)N(C)CCOCCOCCOCCC(=O)ON1C(=O)CCC1=O)C(C)C.CC[C@H](C)[C@H](C)[C@@H](CC(=O)N1CCC[C@H]1[C@H](OC)[C@@H](C)C(=O)N[C@@H](Cc1c[nH]c2ccccc12)C(=O)N1CCCCO1)OC. The van der Waals surface area contributed by atoms with Gasteiger partial charge in [0.05, 0.1) is 95.3 Å². The average molecular weight is 1170 g/mol. The molecule has 83 heavy (non-hydrogen) atoms. The topological polar surface area (TPSA) is 254 Å². The van der Waals surface area contributed by atoms with E-state index in [4.69, 9.17) is 33.4 Å². The Balaban J connectivity index is 0.000000430. The molecule has 2 aromatic rings. The van der Waals surface area contributed by atoms with Crippen molar-refractivity contribution in [1.29, 1.82) is 0 Å². The summed E-state index contributed by atoms with van der Waals surface area (Å²) in [5.74, 6) is -2.33. The Hall–Kier alpha value is -5.36. The van der Waals surface area contributed by atoms with Crippen LogP contribution in [0.5, 0.6) is 0 Å². The average Bonchev–Trinajstić information content (AvgIpc) is 4.38. The quantitative estimate of drug-likeness (QED) is 0.0529. The number of hydroxylamine groups is 4. The summed E-state index contributed by atoms with van der Waals surface area (Å²) in [6.07, 6.45) is 6.20. The number of rotatable bonds is 33. The Bertz CT molecular complexity index is 2310. The maximum absolute atomic E-state index is 13.9. The van der Waals surface area contributed by atoms with Gasteiger partial charge in [-0.2, -0.15) is 0 Å². The highest BCUT2D eigenvalue weighted by Crippen LogP contribution is 2.30. The summed E-state index contributed by atoms with van der Waals surface area (Å²) in [6, 6.07) is 5.98. The number of fused-ring (bicyclic) bond motifs is 1. The van der Waals surface area contributed by atoms with E-state index in [-0.39, 0.29) is 97.8 Å². The molecular formula is C61H101N7O15. The van der Waals surface area contributed by atoms with Crippen LogP contribution in [0, 0.1) is 29.6 Å². The lowest BCUT2D eigenvalue weighted by atomic mass is 9.87. The van der Waals surface area contributed by atoms with Crippen molar-refractivity contribution >= 4 is 58.1 Å². The Kier molecular flexibility index (Phi) is 32.8. The molecular weight excluding hydrogens is 1070 g/mol. The molecule has 22 heteroatoms. The summed E-state index contributed by atoms with van der Waals surface area (Å²) in [5, 5.41) is 8.85. The molecule has 1 aromatic heterocycles. The first kappa shape index (κ1) is 71.9. The molecule has 22 nitrogen and oxygen atoms in total. The number of likely N-dealkylation sites (N-methyl/N-ethyl adjacent to an activating group) is 1. The molecule has 3 aliphatic rings. The van der Waals surface area contributed by atoms with Crippen molar-refractivity contribution < 1.29 is 71.7 Å². The van der Waals surface area contributed by atoms with E-state index in [0.717, 1.165) is 48.6 Å². The number of nitrogens with zero attached hydrogens (tertiary/aromatic N) is 4. The minimum atomic E-state index is -0.814. The van der Waals surface area contributed by atoms with E-state index in [1.807, 2.05) is 95.8 Å². The lowest BCUT2D eigenvalue weighted by molar-refractivity contribution is -0.199. The van der Waals surface area contributed by atoms with Gasteiger partial charge >= 0.3 is 5.97 Å². The van der Waals surface area contributed by atoms with E-state index >= 15 is 0 Å². The van der Waals surface area contributed by atoms with Gasteiger partial charge in [0, 0.05) is 70.2 Å². The Morgan fingerprint density at radius 1 is 0.795 bits per heavy atom. The van der Waals surface area contributed by atoms with Crippen molar-refractivity contribution in [2.45, 2.75) is 177 Å². The van der Waals surface area contributed by atoms with Gasteiger partial charge in [0.25, 0.3) is 17.7 Å². The van der Waals surface area contributed by atoms with Crippen LogP contribution in [0.2, 0.25) is 0 Å². The van der Waals surface area contributed by atoms with Gasteiger partial charge < -0.3 is 49.0 Å². The highest BCUT2D eigenvalue weighted by molar-refractivity contribution is 6.01. The number of carbonyl (C=O) groups is 8. The van der Waals surface area contributed by atoms with Crippen molar-refractivity contribution in [3.63, 3.8) is 0 Å². The van der Waals surface area contributed by atoms with Crippen molar-refractivity contribution in [2.75, 3.05) is 87.1 Å². The van der Waals surface area contributed by atoms with Gasteiger partial charge in [-0.3, -0.25) is 43.3 Å². The highest BCUT2D eigenvalue weighted by atomic mass is 16.7. The molecule has 0 aliphatic carbocycles. The number of likely N-dealkylation sites (tertiary alicyclic amines) is 1. The van der Waals surface area contributed by atoms with Crippen LogP contribution >= 0.6 is 0 Å². The molecule has 3 saturated heterocycles. The number of nitrogens with one attached hydrogen (secondary N) is 3. The first-order valence-corrected chi connectivity index (χ1v) is 30.1. The molecule has 0 radical (unpaired) electrons. The second-order valence-electron chi connectivity index (χ2n) is 22.3. The Labute approximate surface area is 493 Å². The van der Waals surface area contributed by atoms with E-state index in [9.17, 15) is 38.4 Å². The zero-order valence-corrected chi connectivity index (χ0v) is 52.3. The lowest BCUT2D eigenvalue weighted by Crippen LogP contribution is -2.55. The van der Waals surface area contributed by atoms with E-state index in [0.29, 0.717) is 76.5 Å². The number of methoxy groups -OCH3 is 2. The summed E-state index contributed by atoms with van der Waals surface area (Å²) in [6.45, 7) is 25.5. The largest absolute Gasteiger partial charge is 0.381 e. The van der Waals surface area contributed by atoms with Crippen LogP contribution in [0.1, 0.15) is 140 Å². The molecule has 0 spiro atoms. The van der Waals surface area contributed by atoms with Crippen LogP contribution in [-0.4, -0.2) is 196 Å². The number of Topliss-reactive ketones (excluding diaryl/α,β-unsaturated/α-hetero) is 1. The van der Waals surface area contributed by atoms with Gasteiger partial charge in [0.1, 0.15) is 6.04 Å². The van der Waals surface area contributed by atoms with Crippen LogP contribution in [-0.2, 0) is 78.1 Å². The summed E-state index contributed by atoms with van der Waals surface area (Å²) >= 11 is 0. The molecule has 0 saturated carbocycles. The molecule has 0 bridgehead atoms. The number of para-hydroxylation sites is 1. The normalized spacial score (nSPS) is 18.4. The summed E-state index contributed by atoms with van der Waals surface area (Å²) < 4.78 is 28.0. The molecule has 1 aromatic carbocycles. The number of H-pyrrole nitrogens is 1. The fourth-order valence-electron chi connectivity index (χ4n) is 10.6. The van der Waals surface area contributed by atoms with Crippen LogP contribution < -0.4 is 10.6 Å². The van der Waals surface area contributed by atoms with Crippen molar-refractivity contribution in [1.82, 2.24) is 35.5 Å². The highest BCUT2D eigenvalue weighted by Gasteiger charge is 2.42. The van der Waals surface area contributed by atoms with Crippen LogP contribution in [0.3, 0.4) is 0 Å². The summed E-state index contributed by atoms with van der Waals surface area (Å²) in [7, 11) is 5.12. The van der Waals surface area contributed by atoms with Crippen molar-refractivity contribution in [3.05, 3.63) is 36.0 Å². The molecule has 3 aliphatic heterocycles. The number of ether oxygens (including phenoxy) is 5. The number of hydrogen-bond acceptors (Lipinski definition) is 16. The standard InChI is InChI=1S/C34H52N4O6.C25H43N3O9.C2H6/c1-7-22(2)23(3)30(42-5)20-31(39)37-16-12-15-29(37)32(43-6)24(4)33(40)36-28(34(41)38-17-10-11-18-44-38)19-25-21-35-27-14-9-8-13-26(25)27;1-17(2)23(19(5)29)26-25(33)24(18(3)4)27(6)10-12-35-14-16-36-15-13-34-11-9-22(32)37-28-20(30)7-8-21(28)31;1-2/h8-9,13-14,21-24,28-30,32,35H,7,10-12,15-20H2,1-6H3,(H,36,40);17-18,23-24H,7-16H2,1-6H3,(H,26,33);1-2H3/t22-,23-,24+,28-,29-,30+,32+;23-,24?;/m00./s1. The van der Waals surface area contributed by atoms with Gasteiger partial charge in [-0.25, -0.2) is 9.86 Å². The number of imide groups is 1. The number of benzene rings is 1. The van der Waals surface area contributed by atoms with Gasteiger partial charge in [-0.1, -0.05) is 93.9 Å². The van der Waals surface area contributed by atoms with Gasteiger partial charge in [-0.15, -0.1) is 5.06 Å². The molecule has 470 valence electrons. The predicted octanol–water partition coefficient (Wildman–Crippen LogP) is 6.22. The molecule has 3 N–H and O–H groups in total. The zero-order chi connectivity index (χ0) is 61.8. The van der Waals surface area contributed by atoms with Crippen molar-refractivity contribution in [3.8, 4) is 0 Å². The van der Waals surface area contributed by atoms with Crippen LogP contribution in [0.4, 0.5) is 0 Å². The number of amides is 6. The van der Waals surface area contributed by atoms with E-state index < -0.39 is 41.9 Å². The molecule has 6 amide bonds. The molecule has 1 unspecified atom stereocenters. The molecule has 9 atom stereocenters. The van der Waals surface area contributed by atoms with Gasteiger partial charge in [-0.05, 0) is 75.0 Å². The first-order chi connectivity index (χ1) is 39.6. The second-order valence-corrected chi connectivity index (χ2v) is 22.3. The molecule has 5 rings (SSSR count). The fourth-order valence-corrected chi connectivity index (χ4v) is 10.6. The minimum absolute atomic E-state index is 0.0171. The maximum atomic E-state index is 13.9. The fraction of sp³-hybridized carbons (Fsp3) is 0.738. The number of carbonyl (C=O) groups excluding carboxylic acids is 8. The second kappa shape index (κ2) is 37.8. The Morgan fingerprint density at radius 2 is 1.43 bits per heavy atom. The third-order valence-electron chi connectivity index (χ3n) is 15.7. The monoisotopic (exact) mass is 1170 g/mol. The van der Waals surface area contributed by atoms with Gasteiger partial charge in [0.2, 0.25) is 17.7 Å². The smallest absolute Gasteiger partial charge is 0.335 e. The minimum Gasteiger partial charge on any atom is -0.381 e. The summed E-state index contributed by atoms with van der Waals surface area (Å²) in [5.41, 5.74) is 1.92. The number of hydrogen-bond donors (Lipinski definition) is 3. The third-order valence-corrected chi connectivity index (χ3v) is 15.7. The number of aromatic nitrogens is 1. The van der Waals surface area contributed by atoms with Crippen molar-refractivity contribution in [2.24, 2.45) is 29.6 Å². The first-order valence-electron chi connectivity index (χ1n) is 30.1. The van der Waals surface area contributed by atoms with Crippen LogP contribution in [0.25, 0.3) is 10.9 Å². The number of aromatic amines is 1. The van der Waals surface area contributed by atoms with Gasteiger partial charge in [0.15, 0.2) is 5.78 Å². The van der Waals surface area contributed by atoms with Crippen LogP contribution in [0.15, 0.2) is 30.5 Å². The maximum Gasteiger partial charge on any atom is 0.335 e. The molecule has 3 fully saturated rings. The molecule has 4 heterocycles. The lowest BCUT2D eigenvalue weighted by Gasteiger charge is -2.36. The predicted molar refractivity (Wildman–Crippen MR) is 314 cm³/mol. The zero-order valence-electron chi connectivity index (χ0n) is 52.3. The van der Waals surface area contributed by atoms with E-state index in [1.165, 1.54) is 12.0 Å². The Morgan fingerprint density at radius 3 is 2.01 bits per heavy atom.